The van der Waals surface area contributed by atoms with Gasteiger partial charge in [0, 0.05) is 0 Å². The summed E-state index contributed by atoms with van der Waals surface area (Å²) in [6.07, 6.45) is 0.770. The number of hydrogen-bond donors (Lipinski definition) is 1. The third-order valence-electron chi connectivity index (χ3n) is 0.262. The highest BCUT2D eigenvalue weighted by Gasteiger charge is 1.67. The van der Waals surface area contributed by atoms with Crippen molar-refractivity contribution in [1.29, 1.82) is 0 Å². The van der Waals surface area contributed by atoms with Gasteiger partial charge in [-0.2, -0.15) is 0 Å². The van der Waals surface area contributed by atoms with Gasteiger partial charge in [-0.25, -0.2) is 4.57 Å². The van der Waals surface area contributed by atoms with Crippen LogP contribution in [0.25, 0.3) is 0 Å². The van der Waals surface area contributed by atoms with Crippen molar-refractivity contribution in [3.8, 4) is 0 Å². The molecule has 36 valence electrons. The minimum atomic E-state index is -1.88. The van der Waals surface area contributed by atoms with Crippen LogP contribution in [-0.2, 0) is 4.57 Å². The molecule has 0 amide bonds. The lowest BCUT2D eigenvalue weighted by Crippen LogP contribution is -1.41. The van der Waals surface area contributed by atoms with Crippen LogP contribution in [0.4, 0.5) is 0 Å². The van der Waals surface area contributed by atoms with Crippen LogP contribution in [0.3, 0.4) is 0 Å². The van der Waals surface area contributed by atoms with Gasteiger partial charge in [0.2, 0.25) is 0 Å². The van der Waals surface area contributed by atoms with Crippen LogP contribution in [0.15, 0.2) is 0 Å². The summed E-state index contributed by atoms with van der Waals surface area (Å²) in [6, 6.07) is 0. The third kappa shape index (κ3) is 4.36. The van der Waals surface area contributed by atoms with Gasteiger partial charge in [-0.3, -0.25) is 0 Å². The molecule has 0 bridgehead atoms. The number of rotatable bonds is 1. The first-order valence-electron chi connectivity index (χ1n) is 1.61. The average molecular weight is 124 g/mol. The fraction of sp³-hybridized carbons (Fsp3) is 1.00. The minimum Gasteiger partial charge on any atom is -0.314 e. The van der Waals surface area contributed by atoms with Crippen molar-refractivity contribution >= 4 is 15.2 Å². The SMILES string of the molecule is CCP=P(=O)O. The average Bonchev–Trinajstić information content (AvgIpc) is 1.35. The maximum atomic E-state index is 9.74. The molecule has 2 nitrogen and oxygen atoms in total. The summed E-state index contributed by atoms with van der Waals surface area (Å²) in [5.74, 6) is 0. The van der Waals surface area contributed by atoms with E-state index in [1.54, 1.807) is 0 Å². The van der Waals surface area contributed by atoms with Gasteiger partial charge < -0.3 is 4.89 Å². The van der Waals surface area contributed by atoms with Gasteiger partial charge in [0.25, 0.3) is 7.31 Å². The van der Waals surface area contributed by atoms with Crippen molar-refractivity contribution in [3.63, 3.8) is 0 Å². The van der Waals surface area contributed by atoms with E-state index in [0.29, 0.717) is 7.87 Å². The largest absolute Gasteiger partial charge is 0.314 e. The zero-order chi connectivity index (χ0) is 4.99. The molecule has 0 saturated heterocycles. The lowest BCUT2D eigenvalue weighted by molar-refractivity contribution is 0.522. The van der Waals surface area contributed by atoms with Crippen molar-refractivity contribution in [1.82, 2.24) is 0 Å². The van der Waals surface area contributed by atoms with E-state index < -0.39 is 7.31 Å². The molecule has 0 aliphatic rings. The second-order valence-electron chi connectivity index (χ2n) is 0.710. The van der Waals surface area contributed by atoms with Gasteiger partial charge in [-0.1, -0.05) is 6.92 Å². The maximum Gasteiger partial charge on any atom is 0.259 e. The lowest BCUT2D eigenvalue weighted by atomic mass is 11.0. The Kier molecular flexibility index (Phi) is 3.76. The van der Waals surface area contributed by atoms with Crippen molar-refractivity contribution in [3.05, 3.63) is 0 Å². The Hall–Kier alpha value is 0.360. The second-order valence-corrected chi connectivity index (χ2v) is 4.01. The van der Waals surface area contributed by atoms with E-state index in [2.05, 4.69) is 0 Å². The summed E-state index contributed by atoms with van der Waals surface area (Å²) in [6.45, 7) is 1.87. The Morgan fingerprint density at radius 3 is 2.50 bits per heavy atom. The van der Waals surface area contributed by atoms with E-state index in [0.717, 1.165) is 6.16 Å². The standard InChI is InChI=1S/C2H6O2P2/c1-2-5-6(3)4/h2H2,1H3,(H,3,4). The maximum absolute atomic E-state index is 9.74. The molecule has 0 radical (unpaired) electrons. The topological polar surface area (TPSA) is 37.3 Å². The molecule has 1 N–H and O–H groups in total. The van der Waals surface area contributed by atoms with Crippen molar-refractivity contribution in [2.75, 3.05) is 6.16 Å². The zero-order valence-corrected chi connectivity index (χ0v) is 5.25. The van der Waals surface area contributed by atoms with Crippen LogP contribution in [0.2, 0.25) is 0 Å². The molecule has 0 aromatic heterocycles. The predicted octanol–water partition coefficient (Wildman–Crippen LogP) is 1.60. The van der Waals surface area contributed by atoms with Crippen LogP contribution in [0.1, 0.15) is 6.92 Å². The van der Waals surface area contributed by atoms with E-state index in [4.69, 9.17) is 4.89 Å². The van der Waals surface area contributed by atoms with E-state index in [-0.39, 0.29) is 0 Å². The summed E-state index contributed by atoms with van der Waals surface area (Å²) < 4.78 is 9.74. The molecule has 0 aliphatic heterocycles. The van der Waals surface area contributed by atoms with Gasteiger partial charge in [0.05, 0.1) is 0 Å². The molecule has 0 aromatic rings. The van der Waals surface area contributed by atoms with Crippen LogP contribution in [-0.4, -0.2) is 11.1 Å². The molecular formula is C2H6O2P2. The first-order valence-corrected chi connectivity index (χ1v) is 4.60. The van der Waals surface area contributed by atoms with E-state index in [9.17, 15) is 4.57 Å². The first-order chi connectivity index (χ1) is 2.77. The molecule has 0 aromatic carbocycles. The molecule has 0 rings (SSSR count). The smallest absolute Gasteiger partial charge is 0.259 e. The second kappa shape index (κ2) is 3.55. The fourth-order valence-corrected chi connectivity index (χ4v) is 1.09. The molecule has 1 unspecified atom stereocenters. The third-order valence-corrected chi connectivity index (χ3v) is 2.36. The summed E-state index contributed by atoms with van der Waals surface area (Å²) in [5, 5.41) is 0. The quantitative estimate of drug-likeness (QED) is 0.539. The molecule has 4 heteroatoms. The lowest BCUT2D eigenvalue weighted by Gasteiger charge is -1.64. The van der Waals surface area contributed by atoms with Crippen molar-refractivity contribution in [2.24, 2.45) is 0 Å². The van der Waals surface area contributed by atoms with Crippen LogP contribution in [0.5, 0.6) is 0 Å². The van der Waals surface area contributed by atoms with Gasteiger partial charge in [-0.15, -0.1) is 0 Å². The van der Waals surface area contributed by atoms with Crippen LogP contribution in [0, 0.1) is 0 Å². The van der Waals surface area contributed by atoms with Crippen molar-refractivity contribution in [2.45, 2.75) is 6.92 Å². The highest BCUT2D eigenvalue weighted by Crippen LogP contribution is 2.16. The van der Waals surface area contributed by atoms with E-state index in [1.807, 2.05) is 6.92 Å². The predicted molar refractivity (Wildman–Crippen MR) is 27.3 cm³/mol. The summed E-state index contributed by atoms with van der Waals surface area (Å²) in [4.78, 5) is 8.05. The van der Waals surface area contributed by atoms with E-state index >= 15 is 0 Å². The molecule has 1 atom stereocenters. The van der Waals surface area contributed by atoms with Crippen LogP contribution >= 0.6 is 15.2 Å². The van der Waals surface area contributed by atoms with Gasteiger partial charge >= 0.3 is 0 Å². The van der Waals surface area contributed by atoms with Gasteiger partial charge in [0.1, 0.15) is 0 Å². The zero-order valence-electron chi connectivity index (χ0n) is 3.46. The van der Waals surface area contributed by atoms with Gasteiger partial charge in [0.15, 0.2) is 0 Å². The Morgan fingerprint density at radius 1 is 2.00 bits per heavy atom. The molecular weight excluding hydrogens is 118 g/mol. The Morgan fingerprint density at radius 2 is 2.50 bits per heavy atom. The first kappa shape index (κ1) is 6.36. The monoisotopic (exact) mass is 124 g/mol. The molecule has 0 aliphatic carbocycles. The fourth-order valence-electron chi connectivity index (χ4n) is 0.121. The van der Waals surface area contributed by atoms with Gasteiger partial charge in [-0.05, 0) is 14.0 Å². The summed E-state index contributed by atoms with van der Waals surface area (Å²) >= 11 is 0. The molecule has 0 spiro atoms. The Balaban J connectivity index is 3.43. The normalized spacial score (nSPS) is 12.0. The molecule has 6 heavy (non-hydrogen) atoms. The molecule has 0 saturated carbocycles. The Labute approximate surface area is 38.7 Å². The van der Waals surface area contributed by atoms with Crippen LogP contribution < -0.4 is 0 Å². The van der Waals surface area contributed by atoms with E-state index in [1.165, 1.54) is 0 Å². The highest BCUT2D eigenvalue weighted by atomic mass is 31.8. The summed E-state index contributed by atoms with van der Waals surface area (Å²) in [7, 11) is -1.23. The minimum absolute atomic E-state index is 0.644. The van der Waals surface area contributed by atoms with Crippen molar-refractivity contribution < 1.29 is 9.46 Å². The molecule has 0 heterocycles. The highest BCUT2D eigenvalue weighted by molar-refractivity contribution is 7.84. The summed E-state index contributed by atoms with van der Waals surface area (Å²) in [5.41, 5.74) is 0. The molecule has 0 fully saturated rings. The Bertz CT molecular complexity index is 91.7. The number of hydrogen-bond acceptors (Lipinski definition) is 1.